The Hall–Kier alpha value is -2.75. The van der Waals surface area contributed by atoms with Crippen molar-refractivity contribution in [2.75, 3.05) is 14.2 Å². The van der Waals surface area contributed by atoms with Crippen LogP contribution >= 0.6 is 0 Å². The molecule has 4 rings (SSSR count). The van der Waals surface area contributed by atoms with E-state index < -0.39 is 0 Å². The summed E-state index contributed by atoms with van der Waals surface area (Å²) in [5.41, 5.74) is 5.88. The lowest BCUT2D eigenvalue weighted by atomic mass is 9.88. The molecule has 2 heterocycles. The molecule has 3 aromatic rings. The number of aromatic nitrogens is 1. The van der Waals surface area contributed by atoms with Crippen molar-refractivity contribution >= 4 is 11.5 Å². The smallest absolute Gasteiger partial charge is 0.314 e. The van der Waals surface area contributed by atoms with Gasteiger partial charge in [-0.25, -0.2) is 0 Å². The number of aryl methyl sites for hydroxylation is 1. The standard InChI is InChI=1S/C22H23NO3/c1-25-20-12-11-16(13-15-7-4-3-5-8-15)19-14-17-9-6-10-18(22(24)26-2)21(17)23(19)20/h3-5,7-8,11-12,14,18H,6,9-10,13H2,1-2H3. The molecule has 26 heavy (non-hydrogen) atoms. The van der Waals surface area contributed by atoms with Gasteiger partial charge in [0.15, 0.2) is 5.88 Å². The number of hydrogen-bond acceptors (Lipinski definition) is 3. The van der Waals surface area contributed by atoms with E-state index >= 15 is 0 Å². The van der Waals surface area contributed by atoms with Gasteiger partial charge in [0.2, 0.25) is 0 Å². The monoisotopic (exact) mass is 349 g/mol. The highest BCUT2D eigenvalue weighted by molar-refractivity contribution is 5.80. The highest BCUT2D eigenvalue weighted by Gasteiger charge is 2.32. The second kappa shape index (κ2) is 6.87. The molecular weight excluding hydrogens is 326 g/mol. The molecule has 1 aliphatic carbocycles. The van der Waals surface area contributed by atoms with Gasteiger partial charge < -0.3 is 9.47 Å². The SMILES string of the molecule is COC(=O)C1CCCc2cc3c(Cc4ccccc4)ccc(OC)n3c21. The molecule has 4 heteroatoms. The third kappa shape index (κ3) is 2.75. The fourth-order valence-electron chi connectivity index (χ4n) is 4.09. The number of methoxy groups -OCH3 is 2. The van der Waals surface area contributed by atoms with E-state index in [0.717, 1.165) is 42.8 Å². The Kier molecular flexibility index (Phi) is 4.41. The third-order valence-electron chi connectivity index (χ3n) is 5.30. The van der Waals surface area contributed by atoms with Crippen LogP contribution in [0.5, 0.6) is 5.88 Å². The fourth-order valence-corrected chi connectivity index (χ4v) is 4.09. The molecule has 0 amide bonds. The van der Waals surface area contributed by atoms with Crippen LogP contribution in [0.1, 0.15) is 41.1 Å². The molecule has 134 valence electrons. The topological polar surface area (TPSA) is 39.9 Å². The minimum Gasteiger partial charge on any atom is -0.482 e. The number of carbonyl (C=O) groups excluding carboxylic acids is 1. The van der Waals surface area contributed by atoms with Crippen molar-refractivity contribution in [2.45, 2.75) is 31.6 Å². The van der Waals surface area contributed by atoms with E-state index in [1.54, 1.807) is 7.11 Å². The zero-order chi connectivity index (χ0) is 18.1. The summed E-state index contributed by atoms with van der Waals surface area (Å²) >= 11 is 0. The van der Waals surface area contributed by atoms with Crippen molar-refractivity contribution in [1.29, 1.82) is 0 Å². The van der Waals surface area contributed by atoms with Crippen LogP contribution < -0.4 is 4.74 Å². The fraction of sp³-hybridized carbons (Fsp3) is 0.318. The molecule has 1 unspecified atom stereocenters. The normalized spacial score (nSPS) is 16.3. The van der Waals surface area contributed by atoms with Gasteiger partial charge in [0.25, 0.3) is 0 Å². The van der Waals surface area contributed by atoms with Crippen molar-refractivity contribution in [1.82, 2.24) is 4.40 Å². The number of benzene rings is 1. The molecule has 4 nitrogen and oxygen atoms in total. The first-order chi connectivity index (χ1) is 12.7. The Morgan fingerprint density at radius 2 is 1.96 bits per heavy atom. The average molecular weight is 349 g/mol. The van der Waals surface area contributed by atoms with Crippen LogP contribution in [0.2, 0.25) is 0 Å². The number of nitrogens with zero attached hydrogens (tertiary/aromatic N) is 1. The van der Waals surface area contributed by atoms with Crippen molar-refractivity contribution in [2.24, 2.45) is 0 Å². The van der Waals surface area contributed by atoms with E-state index in [4.69, 9.17) is 9.47 Å². The van der Waals surface area contributed by atoms with E-state index in [2.05, 4.69) is 40.8 Å². The van der Waals surface area contributed by atoms with Crippen LogP contribution in [0, 0.1) is 0 Å². The van der Waals surface area contributed by atoms with E-state index in [0.29, 0.717) is 0 Å². The molecule has 0 fully saturated rings. The maximum Gasteiger partial charge on any atom is 0.314 e. The number of fused-ring (bicyclic) bond motifs is 3. The molecule has 0 saturated heterocycles. The molecule has 0 saturated carbocycles. The van der Waals surface area contributed by atoms with Gasteiger partial charge >= 0.3 is 5.97 Å². The number of carbonyl (C=O) groups is 1. The lowest BCUT2D eigenvalue weighted by Crippen LogP contribution is -2.21. The van der Waals surface area contributed by atoms with Gasteiger partial charge in [-0.05, 0) is 54.5 Å². The Morgan fingerprint density at radius 3 is 2.69 bits per heavy atom. The molecule has 1 atom stereocenters. The van der Waals surface area contributed by atoms with Crippen LogP contribution in [0.3, 0.4) is 0 Å². The summed E-state index contributed by atoms with van der Waals surface area (Å²) in [7, 11) is 3.14. The summed E-state index contributed by atoms with van der Waals surface area (Å²) in [6.07, 6.45) is 3.65. The lowest BCUT2D eigenvalue weighted by molar-refractivity contribution is -0.142. The van der Waals surface area contributed by atoms with Gasteiger partial charge in [-0.15, -0.1) is 0 Å². The Balaban J connectivity index is 1.90. The number of esters is 1. The van der Waals surface area contributed by atoms with E-state index in [9.17, 15) is 4.79 Å². The first kappa shape index (κ1) is 16.7. The second-order valence-electron chi connectivity index (χ2n) is 6.81. The summed E-state index contributed by atoms with van der Waals surface area (Å²) in [5.74, 6) is 0.363. The quantitative estimate of drug-likeness (QED) is 0.665. The van der Waals surface area contributed by atoms with Gasteiger partial charge in [0, 0.05) is 5.69 Å². The molecule has 0 N–H and O–H groups in total. The Morgan fingerprint density at radius 1 is 1.15 bits per heavy atom. The first-order valence-corrected chi connectivity index (χ1v) is 9.04. The highest BCUT2D eigenvalue weighted by Crippen LogP contribution is 2.38. The molecular formula is C22H23NO3. The van der Waals surface area contributed by atoms with Crippen molar-refractivity contribution in [3.8, 4) is 5.88 Å². The summed E-state index contributed by atoms with van der Waals surface area (Å²) in [6, 6.07) is 16.8. The second-order valence-corrected chi connectivity index (χ2v) is 6.81. The maximum absolute atomic E-state index is 12.4. The van der Waals surface area contributed by atoms with Crippen molar-refractivity contribution in [3.63, 3.8) is 0 Å². The zero-order valence-corrected chi connectivity index (χ0v) is 15.2. The Labute approximate surface area is 153 Å². The summed E-state index contributed by atoms with van der Waals surface area (Å²) in [6.45, 7) is 0. The molecule has 2 aromatic heterocycles. The molecule has 0 aliphatic heterocycles. The van der Waals surface area contributed by atoms with Gasteiger partial charge in [-0.2, -0.15) is 0 Å². The van der Waals surface area contributed by atoms with Gasteiger partial charge in [-0.1, -0.05) is 36.4 Å². The van der Waals surface area contributed by atoms with E-state index in [1.165, 1.54) is 23.8 Å². The minimum atomic E-state index is -0.230. The zero-order valence-electron chi connectivity index (χ0n) is 15.2. The van der Waals surface area contributed by atoms with E-state index in [-0.39, 0.29) is 11.9 Å². The Bertz CT molecular complexity index is 943. The summed E-state index contributed by atoms with van der Waals surface area (Å²) < 4.78 is 12.8. The van der Waals surface area contributed by atoms with Crippen molar-refractivity contribution in [3.05, 3.63) is 70.9 Å². The minimum absolute atomic E-state index is 0.165. The molecule has 1 aliphatic rings. The van der Waals surface area contributed by atoms with Gasteiger partial charge in [0.05, 0.1) is 25.7 Å². The lowest BCUT2D eigenvalue weighted by Gasteiger charge is -2.22. The summed E-state index contributed by atoms with van der Waals surface area (Å²) in [5, 5.41) is 0. The summed E-state index contributed by atoms with van der Waals surface area (Å²) in [4.78, 5) is 12.4. The number of pyridine rings is 1. The third-order valence-corrected chi connectivity index (χ3v) is 5.30. The van der Waals surface area contributed by atoms with E-state index in [1.807, 2.05) is 12.1 Å². The molecule has 0 bridgehead atoms. The number of ether oxygens (including phenoxy) is 2. The number of hydrogen-bond donors (Lipinski definition) is 0. The molecule has 0 radical (unpaired) electrons. The maximum atomic E-state index is 12.4. The predicted octanol–water partition coefficient (Wildman–Crippen LogP) is 4.13. The number of rotatable bonds is 4. The first-order valence-electron chi connectivity index (χ1n) is 9.04. The van der Waals surface area contributed by atoms with Crippen LogP contribution in [0.15, 0.2) is 48.5 Å². The van der Waals surface area contributed by atoms with Crippen LogP contribution in [0.4, 0.5) is 0 Å². The van der Waals surface area contributed by atoms with Gasteiger partial charge in [0.1, 0.15) is 0 Å². The predicted molar refractivity (Wildman–Crippen MR) is 101 cm³/mol. The average Bonchev–Trinajstić information content (AvgIpc) is 3.09. The highest BCUT2D eigenvalue weighted by atomic mass is 16.5. The van der Waals surface area contributed by atoms with Crippen LogP contribution in [0.25, 0.3) is 5.52 Å². The van der Waals surface area contributed by atoms with Crippen LogP contribution in [-0.2, 0) is 22.4 Å². The van der Waals surface area contributed by atoms with Gasteiger partial charge in [-0.3, -0.25) is 9.20 Å². The molecule has 1 aromatic carbocycles. The van der Waals surface area contributed by atoms with Crippen molar-refractivity contribution < 1.29 is 14.3 Å². The molecule has 0 spiro atoms. The largest absolute Gasteiger partial charge is 0.482 e. The van der Waals surface area contributed by atoms with Crippen LogP contribution in [-0.4, -0.2) is 24.6 Å².